The summed E-state index contributed by atoms with van der Waals surface area (Å²) in [4.78, 5) is 0. The van der Waals surface area contributed by atoms with Gasteiger partial charge in [0.15, 0.2) is 11.5 Å². The van der Waals surface area contributed by atoms with E-state index in [9.17, 15) is 5.11 Å². The fourth-order valence-corrected chi connectivity index (χ4v) is 3.16. The van der Waals surface area contributed by atoms with E-state index >= 15 is 0 Å². The average Bonchev–Trinajstić information content (AvgIpc) is 2.64. The van der Waals surface area contributed by atoms with E-state index in [1.54, 1.807) is 7.11 Å². The first-order chi connectivity index (χ1) is 11.8. The molecule has 0 fully saturated rings. The Hall–Kier alpha value is -2.04. The maximum absolute atomic E-state index is 10.2. The number of aliphatic hydroxyl groups is 1. The van der Waals surface area contributed by atoms with Crippen LogP contribution in [0.15, 0.2) is 48.5 Å². The molecule has 0 aromatic heterocycles. The van der Waals surface area contributed by atoms with Crippen LogP contribution in [0.5, 0.6) is 11.5 Å². The first-order valence-corrected chi connectivity index (χ1v) is 8.50. The summed E-state index contributed by atoms with van der Waals surface area (Å²) in [6.45, 7) is 0.776. The molecule has 0 aliphatic heterocycles. The molecule has 1 aliphatic carbocycles. The van der Waals surface area contributed by atoms with E-state index in [0.717, 1.165) is 19.3 Å². The van der Waals surface area contributed by atoms with Crippen molar-refractivity contribution in [3.63, 3.8) is 0 Å². The molecule has 4 heteroatoms. The van der Waals surface area contributed by atoms with E-state index < -0.39 is 6.10 Å². The molecule has 1 aliphatic rings. The number of fused-ring (bicyclic) bond motifs is 1. The highest BCUT2D eigenvalue weighted by molar-refractivity contribution is 5.39. The van der Waals surface area contributed by atoms with Crippen molar-refractivity contribution in [3.8, 4) is 11.5 Å². The highest BCUT2D eigenvalue weighted by Gasteiger charge is 2.18. The van der Waals surface area contributed by atoms with Gasteiger partial charge in [-0.1, -0.05) is 36.4 Å². The van der Waals surface area contributed by atoms with Crippen LogP contribution < -0.4 is 14.8 Å². The molecule has 2 aromatic rings. The summed E-state index contributed by atoms with van der Waals surface area (Å²) >= 11 is 0. The summed E-state index contributed by atoms with van der Waals surface area (Å²) < 4.78 is 10.9. The van der Waals surface area contributed by atoms with Gasteiger partial charge in [-0.15, -0.1) is 0 Å². The topological polar surface area (TPSA) is 50.7 Å². The molecule has 24 heavy (non-hydrogen) atoms. The number of nitrogens with one attached hydrogen (secondary N) is 1. The van der Waals surface area contributed by atoms with E-state index in [1.165, 1.54) is 11.1 Å². The van der Waals surface area contributed by atoms with Crippen molar-refractivity contribution in [2.24, 2.45) is 0 Å². The maximum atomic E-state index is 10.2. The summed E-state index contributed by atoms with van der Waals surface area (Å²) in [6, 6.07) is 16.5. The first kappa shape index (κ1) is 16.8. The van der Waals surface area contributed by atoms with Crippen LogP contribution >= 0.6 is 0 Å². The van der Waals surface area contributed by atoms with Crippen molar-refractivity contribution in [2.45, 2.75) is 31.4 Å². The molecule has 3 rings (SSSR count). The highest BCUT2D eigenvalue weighted by Crippen LogP contribution is 2.25. The van der Waals surface area contributed by atoms with Crippen LogP contribution in [-0.2, 0) is 12.8 Å². The molecule has 2 aromatic carbocycles. The van der Waals surface area contributed by atoms with Gasteiger partial charge in [0.25, 0.3) is 0 Å². The number of para-hydroxylation sites is 2. The van der Waals surface area contributed by atoms with Crippen LogP contribution in [0.1, 0.15) is 17.5 Å². The lowest BCUT2D eigenvalue weighted by Crippen LogP contribution is -2.40. The predicted molar refractivity (Wildman–Crippen MR) is 94.8 cm³/mol. The van der Waals surface area contributed by atoms with Crippen LogP contribution in [0.3, 0.4) is 0 Å². The number of hydrogen-bond acceptors (Lipinski definition) is 4. The van der Waals surface area contributed by atoms with Crippen LogP contribution in [0.25, 0.3) is 0 Å². The van der Waals surface area contributed by atoms with Gasteiger partial charge in [0.1, 0.15) is 12.7 Å². The zero-order valence-corrected chi connectivity index (χ0v) is 14.1. The third-order valence-corrected chi connectivity index (χ3v) is 4.49. The lowest BCUT2D eigenvalue weighted by atomic mass is 9.88. The molecule has 2 unspecified atom stereocenters. The molecule has 0 heterocycles. The SMILES string of the molecule is COc1ccccc1OCC(O)CNC1CCc2ccccc2C1. The monoisotopic (exact) mass is 327 g/mol. The quantitative estimate of drug-likeness (QED) is 0.821. The Balaban J connectivity index is 1.44. The van der Waals surface area contributed by atoms with Gasteiger partial charge in [-0.25, -0.2) is 0 Å². The van der Waals surface area contributed by atoms with E-state index in [1.807, 2.05) is 24.3 Å². The molecule has 0 radical (unpaired) electrons. The van der Waals surface area contributed by atoms with Crippen molar-refractivity contribution in [1.29, 1.82) is 0 Å². The minimum Gasteiger partial charge on any atom is -0.493 e. The molecule has 128 valence electrons. The van der Waals surface area contributed by atoms with Gasteiger partial charge in [0.2, 0.25) is 0 Å². The van der Waals surface area contributed by atoms with E-state index in [4.69, 9.17) is 9.47 Å². The van der Waals surface area contributed by atoms with Gasteiger partial charge in [-0.05, 0) is 42.5 Å². The van der Waals surface area contributed by atoms with Crippen molar-refractivity contribution < 1.29 is 14.6 Å². The number of hydrogen-bond donors (Lipinski definition) is 2. The lowest BCUT2D eigenvalue weighted by Gasteiger charge is -2.26. The largest absolute Gasteiger partial charge is 0.493 e. The van der Waals surface area contributed by atoms with Crippen molar-refractivity contribution in [2.75, 3.05) is 20.3 Å². The minimum absolute atomic E-state index is 0.247. The Morgan fingerprint density at radius 2 is 1.79 bits per heavy atom. The molecule has 2 atom stereocenters. The van der Waals surface area contributed by atoms with Crippen LogP contribution in [0, 0.1) is 0 Å². The number of aryl methyl sites for hydroxylation is 1. The fourth-order valence-electron chi connectivity index (χ4n) is 3.16. The number of benzene rings is 2. The third-order valence-electron chi connectivity index (χ3n) is 4.49. The van der Waals surface area contributed by atoms with Crippen molar-refractivity contribution in [1.82, 2.24) is 5.32 Å². The second-order valence-corrected chi connectivity index (χ2v) is 6.23. The summed E-state index contributed by atoms with van der Waals surface area (Å²) in [5, 5.41) is 13.6. The Kier molecular flexibility index (Phi) is 5.72. The Bertz CT molecular complexity index is 659. The second kappa shape index (κ2) is 8.18. The molecule has 0 spiro atoms. The molecule has 2 N–H and O–H groups in total. The zero-order chi connectivity index (χ0) is 16.8. The van der Waals surface area contributed by atoms with Crippen molar-refractivity contribution >= 4 is 0 Å². The van der Waals surface area contributed by atoms with E-state index in [0.29, 0.717) is 24.1 Å². The summed E-state index contributed by atoms with van der Waals surface area (Å²) in [7, 11) is 1.61. The Morgan fingerprint density at radius 1 is 1.08 bits per heavy atom. The number of rotatable bonds is 7. The predicted octanol–water partition coefficient (Wildman–Crippen LogP) is 2.58. The first-order valence-electron chi connectivity index (χ1n) is 8.50. The highest BCUT2D eigenvalue weighted by atomic mass is 16.5. The summed E-state index contributed by atoms with van der Waals surface area (Å²) in [5.74, 6) is 1.34. The Labute approximate surface area is 143 Å². The molecule has 0 saturated carbocycles. The standard InChI is InChI=1S/C20H25NO3/c1-23-19-8-4-5-9-20(19)24-14-18(22)13-21-17-11-10-15-6-2-3-7-16(15)12-17/h2-9,17-18,21-22H,10-14H2,1H3. The number of methoxy groups -OCH3 is 1. The van der Waals surface area contributed by atoms with Gasteiger partial charge >= 0.3 is 0 Å². The molecule has 4 nitrogen and oxygen atoms in total. The van der Waals surface area contributed by atoms with E-state index in [-0.39, 0.29) is 6.61 Å². The van der Waals surface area contributed by atoms with Gasteiger partial charge in [0.05, 0.1) is 7.11 Å². The van der Waals surface area contributed by atoms with Gasteiger partial charge < -0.3 is 19.9 Å². The van der Waals surface area contributed by atoms with Crippen molar-refractivity contribution in [3.05, 3.63) is 59.7 Å². The molecule has 0 saturated heterocycles. The minimum atomic E-state index is -0.549. The smallest absolute Gasteiger partial charge is 0.161 e. The maximum Gasteiger partial charge on any atom is 0.161 e. The summed E-state index contributed by atoms with van der Waals surface area (Å²) in [5.41, 5.74) is 2.87. The normalized spacial score (nSPS) is 17.8. The lowest BCUT2D eigenvalue weighted by molar-refractivity contribution is 0.101. The van der Waals surface area contributed by atoms with Gasteiger partial charge in [-0.2, -0.15) is 0 Å². The average molecular weight is 327 g/mol. The molecule has 0 bridgehead atoms. The van der Waals surface area contributed by atoms with Gasteiger partial charge in [0, 0.05) is 12.6 Å². The summed E-state index contributed by atoms with van der Waals surface area (Å²) in [6.07, 6.45) is 2.68. The van der Waals surface area contributed by atoms with Crippen LogP contribution in [0.2, 0.25) is 0 Å². The van der Waals surface area contributed by atoms with Crippen LogP contribution in [-0.4, -0.2) is 37.5 Å². The van der Waals surface area contributed by atoms with Gasteiger partial charge in [-0.3, -0.25) is 0 Å². The van der Waals surface area contributed by atoms with E-state index in [2.05, 4.69) is 29.6 Å². The molecule has 0 amide bonds. The number of ether oxygens (including phenoxy) is 2. The van der Waals surface area contributed by atoms with Crippen LogP contribution in [0.4, 0.5) is 0 Å². The Morgan fingerprint density at radius 3 is 2.58 bits per heavy atom. The molecular formula is C20H25NO3. The second-order valence-electron chi connectivity index (χ2n) is 6.23. The third kappa shape index (κ3) is 4.28. The fraction of sp³-hybridized carbons (Fsp3) is 0.400. The molecular weight excluding hydrogens is 302 g/mol. The zero-order valence-electron chi connectivity index (χ0n) is 14.1. The number of aliphatic hydroxyl groups excluding tert-OH is 1.